The fourth-order valence-corrected chi connectivity index (χ4v) is 3.02. The van der Waals surface area contributed by atoms with Gasteiger partial charge in [0.1, 0.15) is 0 Å². The third-order valence-corrected chi connectivity index (χ3v) is 4.27. The van der Waals surface area contributed by atoms with Gasteiger partial charge in [0.2, 0.25) is 0 Å². The van der Waals surface area contributed by atoms with Crippen LogP contribution in [-0.4, -0.2) is 38.5 Å². The zero-order valence-corrected chi connectivity index (χ0v) is 10.7. The zero-order chi connectivity index (χ0) is 11.5. The van der Waals surface area contributed by atoms with Gasteiger partial charge in [0.15, 0.2) is 0 Å². The molecule has 5 unspecified atom stereocenters. The summed E-state index contributed by atoms with van der Waals surface area (Å²) in [4.78, 5) is 0. The van der Waals surface area contributed by atoms with Gasteiger partial charge in [-0.15, -0.1) is 0 Å². The number of ether oxygens (including phenoxy) is 2. The van der Waals surface area contributed by atoms with Gasteiger partial charge in [-0.05, 0) is 32.2 Å². The molecule has 0 aromatic rings. The van der Waals surface area contributed by atoms with Crippen LogP contribution in [0.3, 0.4) is 0 Å². The topological polar surface area (TPSA) is 30.5 Å². The van der Waals surface area contributed by atoms with Crippen molar-refractivity contribution >= 4 is 0 Å². The molecule has 0 bridgehead atoms. The lowest BCUT2D eigenvalue weighted by molar-refractivity contribution is -0.170. The SMILES string of the molecule is CNC1CC(OC2CCCCC2C)C1OC. The second-order valence-electron chi connectivity index (χ2n) is 5.31. The maximum absolute atomic E-state index is 6.21. The van der Waals surface area contributed by atoms with E-state index in [2.05, 4.69) is 12.2 Å². The molecule has 0 amide bonds. The average molecular weight is 227 g/mol. The molecule has 2 aliphatic rings. The number of methoxy groups -OCH3 is 1. The van der Waals surface area contributed by atoms with Crippen LogP contribution >= 0.6 is 0 Å². The van der Waals surface area contributed by atoms with Crippen LogP contribution in [0.1, 0.15) is 39.0 Å². The highest BCUT2D eigenvalue weighted by atomic mass is 16.5. The zero-order valence-electron chi connectivity index (χ0n) is 10.7. The number of rotatable bonds is 4. The molecule has 0 heterocycles. The van der Waals surface area contributed by atoms with Gasteiger partial charge in [0.25, 0.3) is 0 Å². The van der Waals surface area contributed by atoms with Crippen LogP contribution in [0.4, 0.5) is 0 Å². The van der Waals surface area contributed by atoms with E-state index in [9.17, 15) is 0 Å². The predicted octanol–water partition coefficient (Wildman–Crippen LogP) is 1.96. The van der Waals surface area contributed by atoms with Crippen molar-refractivity contribution in [2.24, 2.45) is 5.92 Å². The Labute approximate surface area is 98.9 Å². The van der Waals surface area contributed by atoms with Crippen molar-refractivity contribution in [2.75, 3.05) is 14.2 Å². The van der Waals surface area contributed by atoms with Crippen LogP contribution in [0.2, 0.25) is 0 Å². The summed E-state index contributed by atoms with van der Waals surface area (Å²) < 4.78 is 11.7. The van der Waals surface area contributed by atoms with E-state index in [4.69, 9.17) is 9.47 Å². The molecule has 2 fully saturated rings. The molecule has 16 heavy (non-hydrogen) atoms. The molecule has 2 aliphatic carbocycles. The van der Waals surface area contributed by atoms with Gasteiger partial charge in [0.05, 0.1) is 18.3 Å². The minimum Gasteiger partial charge on any atom is -0.377 e. The normalized spacial score (nSPS) is 44.1. The van der Waals surface area contributed by atoms with E-state index in [0.29, 0.717) is 18.2 Å². The molecule has 3 heteroatoms. The molecule has 2 rings (SSSR count). The minimum absolute atomic E-state index is 0.249. The number of hydrogen-bond donors (Lipinski definition) is 1. The van der Waals surface area contributed by atoms with E-state index in [1.165, 1.54) is 25.7 Å². The fraction of sp³-hybridized carbons (Fsp3) is 1.00. The van der Waals surface area contributed by atoms with Crippen molar-refractivity contribution in [3.63, 3.8) is 0 Å². The average Bonchev–Trinajstić information content (AvgIpc) is 2.26. The molecule has 3 nitrogen and oxygen atoms in total. The van der Waals surface area contributed by atoms with Gasteiger partial charge in [-0.2, -0.15) is 0 Å². The lowest BCUT2D eigenvalue weighted by atomic mass is 9.83. The predicted molar refractivity (Wildman–Crippen MR) is 64.6 cm³/mol. The summed E-state index contributed by atoms with van der Waals surface area (Å²) in [5.41, 5.74) is 0. The monoisotopic (exact) mass is 227 g/mol. The van der Waals surface area contributed by atoms with E-state index in [1.807, 2.05) is 7.05 Å². The molecule has 1 N–H and O–H groups in total. The number of hydrogen-bond acceptors (Lipinski definition) is 3. The molecule has 0 radical (unpaired) electrons. The maximum Gasteiger partial charge on any atom is 0.0986 e. The summed E-state index contributed by atoms with van der Waals surface area (Å²) in [5.74, 6) is 0.722. The molecular formula is C13H25NO2. The summed E-state index contributed by atoms with van der Waals surface area (Å²) in [6, 6.07) is 0.480. The Morgan fingerprint density at radius 1 is 1.12 bits per heavy atom. The van der Waals surface area contributed by atoms with E-state index < -0.39 is 0 Å². The summed E-state index contributed by atoms with van der Waals surface area (Å²) in [6.07, 6.45) is 7.38. The Balaban J connectivity index is 1.81. The van der Waals surface area contributed by atoms with Crippen molar-refractivity contribution < 1.29 is 9.47 Å². The molecule has 5 atom stereocenters. The quantitative estimate of drug-likeness (QED) is 0.796. The molecule has 0 aromatic heterocycles. The first kappa shape index (κ1) is 12.3. The lowest BCUT2D eigenvalue weighted by Gasteiger charge is -2.46. The minimum atomic E-state index is 0.249. The number of likely N-dealkylation sites (N-methyl/N-ethyl adjacent to an activating group) is 1. The van der Waals surface area contributed by atoms with Crippen molar-refractivity contribution in [3.05, 3.63) is 0 Å². The van der Waals surface area contributed by atoms with Gasteiger partial charge in [-0.25, -0.2) is 0 Å². The van der Waals surface area contributed by atoms with Gasteiger partial charge in [0, 0.05) is 13.2 Å². The first-order valence-corrected chi connectivity index (χ1v) is 6.61. The molecule has 94 valence electrons. The third kappa shape index (κ3) is 2.41. The van der Waals surface area contributed by atoms with Gasteiger partial charge in [-0.1, -0.05) is 19.8 Å². The van der Waals surface area contributed by atoms with Crippen molar-refractivity contribution in [1.82, 2.24) is 5.32 Å². The van der Waals surface area contributed by atoms with Crippen molar-refractivity contribution in [3.8, 4) is 0 Å². The first-order valence-electron chi connectivity index (χ1n) is 6.61. The third-order valence-electron chi connectivity index (χ3n) is 4.27. The molecule has 0 aliphatic heterocycles. The second-order valence-corrected chi connectivity index (χ2v) is 5.31. The van der Waals surface area contributed by atoms with Crippen LogP contribution in [0.5, 0.6) is 0 Å². The Morgan fingerprint density at radius 2 is 1.88 bits per heavy atom. The van der Waals surface area contributed by atoms with E-state index in [0.717, 1.165) is 12.3 Å². The molecular weight excluding hydrogens is 202 g/mol. The Bertz CT molecular complexity index is 222. The molecule has 0 aromatic carbocycles. The van der Waals surface area contributed by atoms with Crippen molar-refractivity contribution in [2.45, 2.75) is 63.4 Å². The Kier molecular flexibility index (Phi) is 4.22. The molecule has 0 saturated heterocycles. The van der Waals surface area contributed by atoms with Gasteiger partial charge >= 0.3 is 0 Å². The van der Waals surface area contributed by atoms with E-state index in [1.54, 1.807) is 7.11 Å². The highest BCUT2D eigenvalue weighted by Gasteiger charge is 2.43. The Morgan fingerprint density at radius 3 is 2.50 bits per heavy atom. The standard InChI is InChI=1S/C13H25NO2/c1-9-6-4-5-7-11(9)16-12-8-10(14-2)13(12)15-3/h9-14H,4-8H2,1-3H3. The summed E-state index contributed by atoms with van der Waals surface area (Å²) in [5, 5.41) is 3.28. The smallest absolute Gasteiger partial charge is 0.0986 e. The van der Waals surface area contributed by atoms with Crippen LogP contribution in [0, 0.1) is 5.92 Å². The van der Waals surface area contributed by atoms with Crippen LogP contribution in [0.25, 0.3) is 0 Å². The largest absolute Gasteiger partial charge is 0.377 e. The maximum atomic E-state index is 6.21. The van der Waals surface area contributed by atoms with E-state index >= 15 is 0 Å². The molecule has 0 spiro atoms. The van der Waals surface area contributed by atoms with Crippen LogP contribution < -0.4 is 5.32 Å². The summed E-state index contributed by atoms with van der Waals surface area (Å²) in [7, 11) is 3.78. The van der Waals surface area contributed by atoms with Crippen LogP contribution in [-0.2, 0) is 9.47 Å². The first-order chi connectivity index (χ1) is 7.76. The summed E-state index contributed by atoms with van der Waals surface area (Å²) in [6.45, 7) is 2.32. The lowest BCUT2D eigenvalue weighted by Crippen LogP contribution is -2.60. The Hall–Kier alpha value is -0.120. The highest BCUT2D eigenvalue weighted by molar-refractivity contribution is 4.97. The van der Waals surface area contributed by atoms with Gasteiger partial charge < -0.3 is 14.8 Å². The highest BCUT2D eigenvalue weighted by Crippen LogP contribution is 2.33. The summed E-state index contributed by atoms with van der Waals surface area (Å²) >= 11 is 0. The van der Waals surface area contributed by atoms with E-state index in [-0.39, 0.29) is 6.10 Å². The van der Waals surface area contributed by atoms with Crippen molar-refractivity contribution in [1.29, 1.82) is 0 Å². The fourth-order valence-electron chi connectivity index (χ4n) is 3.02. The second kappa shape index (κ2) is 5.48. The van der Waals surface area contributed by atoms with Gasteiger partial charge in [-0.3, -0.25) is 0 Å². The van der Waals surface area contributed by atoms with Crippen LogP contribution in [0.15, 0.2) is 0 Å². The molecule has 2 saturated carbocycles. The number of nitrogens with one attached hydrogen (secondary N) is 1.